The van der Waals surface area contributed by atoms with E-state index in [1.807, 2.05) is 0 Å². The number of rotatable bonds is 5. The van der Waals surface area contributed by atoms with Crippen LogP contribution in [-0.2, 0) is 9.84 Å². The predicted molar refractivity (Wildman–Crippen MR) is 71.1 cm³/mol. The molecule has 0 aliphatic carbocycles. The summed E-state index contributed by atoms with van der Waals surface area (Å²) >= 11 is 0. The van der Waals surface area contributed by atoms with E-state index in [1.54, 1.807) is 0 Å². The van der Waals surface area contributed by atoms with Crippen molar-refractivity contribution >= 4 is 21.6 Å². The molecule has 1 rings (SSSR count). The van der Waals surface area contributed by atoms with E-state index in [4.69, 9.17) is 5.11 Å². The van der Waals surface area contributed by atoms with Crippen LogP contribution < -0.4 is 0 Å². The molecule has 0 aliphatic rings. The molecule has 1 N–H and O–H groups in total. The fourth-order valence-electron chi connectivity index (χ4n) is 1.72. The summed E-state index contributed by atoms with van der Waals surface area (Å²) in [6.07, 6.45) is -1.43. The average molecular weight is 302 g/mol. The topological polar surface area (TPSA) is 118 Å². The van der Waals surface area contributed by atoms with Gasteiger partial charge in [-0.3, -0.25) is 15.0 Å². The van der Waals surface area contributed by atoms with Gasteiger partial charge < -0.3 is 5.11 Å². The summed E-state index contributed by atoms with van der Waals surface area (Å²) in [5.74, 6) is -0.280. The lowest BCUT2D eigenvalue weighted by Crippen LogP contribution is -2.35. The molecule has 0 radical (unpaired) electrons. The fourth-order valence-corrected chi connectivity index (χ4v) is 3.17. The van der Waals surface area contributed by atoms with Gasteiger partial charge in [-0.25, -0.2) is 13.2 Å². The fraction of sp³-hybridized carbons (Fsp3) is 0.364. The third-order valence-electron chi connectivity index (χ3n) is 2.76. The van der Waals surface area contributed by atoms with Gasteiger partial charge in [-0.1, -0.05) is 19.1 Å². The van der Waals surface area contributed by atoms with E-state index < -0.39 is 26.2 Å². The molecule has 1 atom stereocenters. The van der Waals surface area contributed by atoms with Gasteiger partial charge in [0.15, 0.2) is 15.2 Å². The van der Waals surface area contributed by atoms with Gasteiger partial charge in [0.1, 0.15) is 0 Å². The highest BCUT2D eigenvalue weighted by Gasteiger charge is 2.33. The molecule has 0 fully saturated rings. The number of amides is 1. The van der Waals surface area contributed by atoms with Crippen LogP contribution in [0.25, 0.3) is 0 Å². The first-order valence-corrected chi connectivity index (χ1v) is 7.34. The lowest BCUT2D eigenvalue weighted by atomic mass is 10.2. The summed E-state index contributed by atoms with van der Waals surface area (Å²) in [5.41, 5.74) is -0.247. The molecule has 9 heteroatoms. The Morgan fingerprint density at radius 1 is 1.50 bits per heavy atom. The Balaban J connectivity index is 3.42. The molecule has 8 nitrogen and oxygen atoms in total. The molecule has 0 heterocycles. The largest absolute Gasteiger partial charge is 0.465 e. The summed E-state index contributed by atoms with van der Waals surface area (Å²) in [6.45, 7) is 1.38. The van der Waals surface area contributed by atoms with Gasteiger partial charge in [0, 0.05) is 24.9 Å². The second kappa shape index (κ2) is 5.87. The maximum atomic E-state index is 12.1. The van der Waals surface area contributed by atoms with Crippen molar-refractivity contribution < 1.29 is 23.2 Å². The maximum Gasteiger partial charge on any atom is 0.408 e. The summed E-state index contributed by atoms with van der Waals surface area (Å²) in [6, 6.07) is 4.95. The van der Waals surface area contributed by atoms with Crippen molar-refractivity contribution in [2.75, 3.05) is 12.8 Å². The minimum Gasteiger partial charge on any atom is -0.465 e. The summed E-state index contributed by atoms with van der Waals surface area (Å²) in [7, 11) is -2.67. The highest BCUT2D eigenvalue weighted by Crippen LogP contribution is 2.28. The van der Waals surface area contributed by atoms with Crippen LogP contribution in [0.3, 0.4) is 0 Å². The second-order valence-electron chi connectivity index (χ2n) is 4.05. The number of nitrogens with zero attached hydrogens (tertiary/aromatic N) is 2. The van der Waals surface area contributed by atoms with Crippen LogP contribution in [0.4, 0.5) is 10.5 Å². The monoisotopic (exact) mass is 302 g/mol. The highest BCUT2D eigenvalue weighted by atomic mass is 32.2. The van der Waals surface area contributed by atoms with E-state index in [1.165, 1.54) is 25.1 Å². The molecular weight excluding hydrogens is 288 g/mol. The molecule has 1 unspecified atom stereocenters. The highest BCUT2D eigenvalue weighted by molar-refractivity contribution is 7.91. The lowest BCUT2D eigenvalue weighted by molar-refractivity contribution is -0.384. The molecule has 0 spiro atoms. The molecule has 20 heavy (non-hydrogen) atoms. The Labute approximate surface area is 115 Å². The maximum absolute atomic E-state index is 12.1. The number of non-ortho nitro benzene ring substituents is 1. The van der Waals surface area contributed by atoms with Crippen LogP contribution in [0.1, 0.15) is 17.9 Å². The van der Waals surface area contributed by atoms with Crippen LogP contribution in [0, 0.1) is 10.1 Å². The van der Waals surface area contributed by atoms with Gasteiger partial charge in [0.05, 0.1) is 4.92 Å². The molecule has 1 amide bonds. The minimum absolute atomic E-state index is 0.0472. The molecule has 0 bridgehead atoms. The number of hydrogen-bond acceptors (Lipinski definition) is 5. The molecule has 1 aromatic carbocycles. The molecular formula is C11H14N2O6S. The number of carbonyl (C=O) groups is 1. The van der Waals surface area contributed by atoms with Gasteiger partial charge in [0.25, 0.3) is 5.69 Å². The molecule has 0 aliphatic heterocycles. The van der Waals surface area contributed by atoms with E-state index in [0.717, 1.165) is 13.1 Å². The molecule has 0 aromatic heterocycles. The predicted octanol–water partition coefficient (Wildman–Crippen LogP) is 1.64. The van der Waals surface area contributed by atoms with Gasteiger partial charge >= 0.3 is 6.09 Å². The van der Waals surface area contributed by atoms with E-state index in [9.17, 15) is 23.3 Å². The Hall–Kier alpha value is -2.16. The van der Waals surface area contributed by atoms with E-state index in [2.05, 4.69) is 0 Å². The zero-order valence-corrected chi connectivity index (χ0v) is 11.7. The summed E-state index contributed by atoms with van der Waals surface area (Å²) in [4.78, 5) is 21.7. The van der Waals surface area contributed by atoms with Crippen molar-refractivity contribution in [1.29, 1.82) is 0 Å². The minimum atomic E-state index is -3.78. The van der Waals surface area contributed by atoms with Gasteiger partial charge in [0.2, 0.25) is 0 Å². The van der Waals surface area contributed by atoms with Crippen molar-refractivity contribution in [2.24, 2.45) is 0 Å². The first-order valence-electron chi connectivity index (χ1n) is 5.62. The zero-order chi connectivity index (χ0) is 15.5. The van der Waals surface area contributed by atoms with Gasteiger partial charge in [-0.2, -0.15) is 0 Å². The third-order valence-corrected chi connectivity index (χ3v) is 4.84. The quantitative estimate of drug-likeness (QED) is 0.652. The third kappa shape index (κ3) is 3.23. The lowest BCUT2D eigenvalue weighted by Gasteiger charge is -2.25. The number of benzene rings is 1. The van der Waals surface area contributed by atoms with Crippen molar-refractivity contribution in [3.63, 3.8) is 0 Å². The number of nitro benzene ring substituents is 1. The number of sulfone groups is 1. The summed E-state index contributed by atoms with van der Waals surface area (Å²) < 4.78 is 24.1. The molecule has 1 aromatic rings. The van der Waals surface area contributed by atoms with E-state index >= 15 is 0 Å². The first kappa shape index (κ1) is 15.9. The van der Waals surface area contributed by atoms with Crippen molar-refractivity contribution in [1.82, 2.24) is 4.90 Å². The normalized spacial score (nSPS) is 12.7. The van der Waals surface area contributed by atoms with Crippen LogP contribution in [0.5, 0.6) is 0 Å². The van der Waals surface area contributed by atoms with Crippen LogP contribution in [0.15, 0.2) is 24.3 Å². The Morgan fingerprint density at radius 2 is 2.10 bits per heavy atom. The van der Waals surface area contributed by atoms with Crippen LogP contribution in [-0.4, -0.2) is 42.2 Å². The number of hydrogen-bond donors (Lipinski definition) is 1. The average Bonchev–Trinajstić information content (AvgIpc) is 2.38. The second-order valence-corrected chi connectivity index (χ2v) is 6.40. The molecule has 110 valence electrons. The standard InChI is InChI=1S/C11H14N2O6S/c1-3-20(18,19)10(12(2)11(14)15)8-5-4-6-9(7-8)13(16)17/h4-7,10H,3H2,1-2H3,(H,14,15). The van der Waals surface area contributed by atoms with Gasteiger partial charge in [-0.05, 0) is 5.56 Å². The smallest absolute Gasteiger partial charge is 0.408 e. The van der Waals surface area contributed by atoms with Crippen molar-refractivity contribution in [2.45, 2.75) is 12.3 Å². The van der Waals surface area contributed by atoms with Crippen molar-refractivity contribution in [3.8, 4) is 0 Å². The molecule has 0 saturated heterocycles. The van der Waals surface area contributed by atoms with Crippen molar-refractivity contribution in [3.05, 3.63) is 39.9 Å². The zero-order valence-electron chi connectivity index (χ0n) is 10.9. The first-order chi connectivity index (χ1) is 9.20. The van der Waals surface area contributed by atoms with Gasteiger partial charge in [-0.15, -0.1) is 0 Å². The summed E-state index contributed by atoms with van der Waals surface area (Å²) in [5, 5.41) is 18.2. The van der Waals surface area contributed by atoms with E-state index in [0.29, 0.717) is 4.90 Å². The SMILES string of the molecule is CCS(=O)(=O)C(c1cccc([N+](=O)[O-])c1)N(C)C(=O)O. The number of nitro groups is 1. The van der Waals surface area contributed by atoms with E-state index in [-0.39, 0.29) is 17.0 Å². The number of carboxylic acid groups (broad SMARTS) is 1. The van der Waals surface area contributed by atoms with Crippen LogP contribution in [0.2, 0.25) is 0 Å². The Bertz CT molecular complexity index is 628. The Morgan fingerprint density at radius 3 is 2.55 bits per heavy atom. The van der Waals surface area contributed by atoms with Crippen LogP contribution >= 0.6 is 0 Å². The Kier molecular flexibility index (Phi) is 4.66. The molecule has 0 saturated carbocycles.